The Bertz CT molecular complexity index is 1270. The van der Waals surface area contributed by atoms with E-state index in [-0.39, 0.29) is 23.4 Å². The highest BCUT2D eigenvalue weighted by Gasteiger charge is 2.47. The van der Waals surface area contributed by atoms with Crippen LogP contribution in [0.1, 0.15) is 35.7 Å². The molecule has 160 valence electrons. The van der Waals surface area contributed by atoms with Gasteiger partial charge in [0.1, 0.15) is 5.54 Å². The summed E-state index contributed by atoms with van der Waals surface area (Å²) in [5, 5.41) is 13.4. The molecule has 0 spiro atoms. The first-order valence-electron chi connectivity index (χ1n) is 9.95. The Kier molecular flexibility index (Phi) is 4.22. The third-order valence-electron chi connectivity index (χ3n) is 5.80. The number of nitrogens with one attached hydrogen (secondary N) is 1. The van der Waals surface area contributed by atoms with E-state index in [0.717, 1.165) is 5.56 Å². The molecule has 1 aromatic heterocycles. The summed E-state index contributed by atoms with van der Waals surface area (Å²) in [5.41, 5.74) is 0.739. The van der Waals surface area contributed by atoms with Crippen LogP contribution >= 0.6 is 0 Å². The molecule has 31 heavy (non-hydrogen) atoms. The predicted molar refractivity (Wildman–Crippen MR) is 112 cm³/mol. The van der Waals surface area contributed by atoms with Gasteiger partial charge in [-0.25, -0.2) is 8.42 Å². The van der Waals surface area contributed by atoms with E-state index in [2.05, 4.69) is 14.8 Å². The Balaban J connectivity index is 1.55. The zero-order chi connectivity index (χ0) is 22.0. The SMILES string of the molecule is CC1CN=C2N(Cc3cnn(C)c3)C(=O)c3cc(S(=O)(=O)NC4(C#N)CC4)ccc3N21. The van der Waals surface area contributed by atoms with Gasteiger partial charge in [0.25, 0.3) is 5.91 Å². The number of nitrogens with zero attached hydrogens (tertiary/aromatic N) is 6. The number of anilines is 1. The van der Waals surface area contributed by atoms with Gasteiger partial charge in [-0.3, -0.25) is 19.4 Å². The van der Waals surface area contributed by atoms with Crippen LogP contribution in [0, 0.1) is 11.3 Å². The van der Waals surface area contributed by atoms with E-state index in [1.165, 1.54) is 12.1 Å². The number of carbonyl (C=O) groups is 1. The van der Waals surface area contributed by atoms with Crippen molar-refractivity contribution >= 4 is 27.6 Å². The molecule has 0 bridgehead atoms. The summed E-state index contributed by atoms with van der Waals surface area (Å²) in [6, 6.07) is 6.57. The molecule has 1 fully saturated rings. The molecule has 0 saturated heterocycles. The van der Waals surface area contributed by atoms with Crippen LogP contribution in [0.15, 0.2) is 40.5 Å². The highest BCUT2D eigenvalue weighted by atomic mass is 32.2. The van der Waals surface area contributed by atoms with Gasteiger partial charge in [-0.05, 0) is 38.0 Å². The first kappa shape index (κ1) is 19.7. The van der Waals surface area contributed by atoms with E-state index >= 15 is 0 Å². The molecule has 1 saturated carbocycles. The Hall–Kier alpha value is -3.23. The molecule has 1 unspecified atom stereocenters. The lowest BCUT2D eigenvalue weighted by atomic mass is 10.1. The predicted octanol–water partition coefficient (Wildman–Crippen LogP) is 0.975. The van der Waals surface area contributed by atoms with Crippen LogP contribution in [0.3, 0.4) is 0 Å². The lowest BCUT2D eigenvalue weighted by molar-refractivity contribution is 0.0833. The summed E-state index contributed by atoms with van der Waals surface area (Å²) >= 11 is 0. The maximum Gasteiger partial charge on any atom is 0.263 e. The van der Waals surface area contributed by atoms with Crippen molar-refractivity contribution in [2.75, 3.05) is 11.4 Å². The normalized spacial score (nSPS) is 21.4. The number of carbonyl (C=O) groups excluding carboxylic acids is 1. The maximum atomic E-state index is 13.4. The standard InChI is InChI=1S/C20H21N7O3S/c1-13-8-22-19-26(11-14-9-23-25(2)10-14)18(28)16-7-15(3-4-17(16)27(13)19)31(29,30)24-20(12-21)5-6-20/h3-4,7,9-10,13,24H,5-6,8,11H2,1-2H3. The number of guanidine groups is 1. The van der Waals surface area contributed by atoms with Gasteiger partial charge < -0.3 is 4.90 Å². The first-order chi connectivity index (χ1) is 14.7. The van der Waals surface area contributed by atoms with Crippen LogP contribution in [-0.2, 0) is 23.6 Å². The number of hydrogen-bond donors (Lipinski definition) is 1. The number of hydrogen-bond acceptors (Lipinski definition) is 7. The second kappa shape index (κ2) is 6.63. The second-order valence-electron chi connectivity index (χ2n) is 8.25. The monoisotopic (exact) mass is 439 g/mol. The van der Waals surface area contributed by atoms with E-state index < -0.39 is 15.6 Å². The molecule has 3 heterocycles. The fraction of sp³-hybridized carbons (Fsp3) is 0.400. The van der Waals surface area contributed by atoms with Gasteiger partial charge in [0.05, 0.1) is 47.5 Å². The van der Waals surface area contributed by atoms with Gasteiger partial charge >= 0.3 is 0 Å². The van der Waals surface area contributed by atoms with Crippen molar-refractivity contribution in [2.24, 2.45) is 12.0 Å². The lowest BCUT2D eigenvalue weighted by Crippen LogP contribution is -2.52. The molecular formula is C20H21N7O3S. The highest BCUT2D eigenvalue weighted by molar-refractivity contribution is 7.89. The summed E-state index contributed by atoms with van der Waals surface area (Å²) < 4.78 is 29.9. The summed E-state index contributed by atoms with van der Waals surface area (Å²) in [6.07, 6.45) is 4.48. The van der Waals surface area contributed by atoms with Gasteiger partial charge in [-0.2, -0.15) is 15.1 Å². The van der Waals surface area contributed by atoms with E-state index in [1.54, 1.807) is 28.9 Å². The molecule has 10 nitrogen and oxygen atoms in total. The van der Waals surface area contributed by atoms with Crippen LogP contribution in [0.4, 0.5) is 5.69 Å². The van der Waals surface area contributed by atoms with E-state index in [9.17, 15) is 18.5 Å². The number of amides is 1. The molecular weight excluding hydrogens is 418 g/mol. The third kappa shape index (κ3) is 3.19. The van der Waals surface area contributed by atoms with Crippen molar-refractivity contribution < 1.29 is 13.2 Å². The summed E-state index contributed by atoms with van der Waals surface area (Å²) in [6.45, 7) is 2.83. The van der Waals surface area contributed by atoms with Gasteiger partial charge in [0, 0.05) is 18.8 Å². The van der Waals surface area contributed by atoms with Gasteiger partial charge in [0.15, 0.2) is 0 Å². The summed E-state index contributed by atoms with van der Waals surface area (Å²) in [7, 11) is -2.14. The number of fused-ring (bicyclic) bond motifs is 3. The number of benzene rings is 1. The molecule has 3 aliphatic rings. The fourth-order valence-corrected chi connectivity index (χ4v) is 5.39. The number of aliphatic imine (C=N–C) groups is 1. The quantitative estimate of drug-likeness (QED) is 0.741. The van der Waals surface area contributed by atoms with Crippen molar-refractivity contribution in [3.8, 4) is 6.07 Å². The lowest BCUT2D eigenvalue weighted by Gasteiger charge is -2.37. The maximum absolute atomic E-state index is 13.4. The Morgan fingerprint density at radius 2 is 2.13 bits per heavy atom. The molecule has 1 atom stereocenters. The Morgan fingerprint density at radius 3 is 2.77 bits per heavy atom. The van der Waals surface area contributed by atoms with Gasteiger partial charge in [0.2, 0.25) is 16.0 Å². The number of aromatic nitrogens is 2. The third-order valence-corrected chi connectivity index (χ3v) is 7.33. The fourth-order valence-electron chi connectivity index (χ4n) is 3.99. The number of rotatable bonds is 5. The second-order valence-corrected chi connectivity index (χ2v) is 9.93. The Labute approximate surface area is 179 Å². The highest BCUT2D eigenvalue weighted by Crippen LogP contribution is 2.38. The topological polar surface area (TPSA) is 124 Å². The van der Waals surface area contributed by atoms with Crippen molar-refractivity contribution in [3.05, 3.63) is 41.7 Å². The van der Waals surface area contributed by atoms with Crippen LogP contribution < -0.4 is 9.62 Å². The zero-order valence-electron chi connectivity index (χ0n) is 17.1. The van der Waals surface area contributed by atoms with Crippen molar-refractivity contribution in [2.45, 2.75) is 42.8 Å². The molecule has 1 aromatic carbocycles. The minimum Gasteiger partial charge on any atom is -0.307 e. The number of aryl methyl sites for hydroxylation is 1. The van der Waals surface area contributed by atoms with Crippen LogP contribution in [0.25, 0.3) is 0 Å². The number of nitriles is 1. The van der Waals surface area contributed by atoms with E-state index in [0.29, 0.717) is 36.6 Å². The largest absolute Gasteiger partial charge is 0.307 e. The van der Waals surface area contributed by atoms with Crippen LogP contribution in [0.5, 0.6) is 0 Å². The smallest absolute Gasteiger partial charge is 0.263 e. The molecule has 11 heteroatoms. The average molecular weight is 440 g/mol. The molecule has 5 rings (SSSR count). The van der Waals surface area contributed by atoms with Crippen molar-refractivity contribution in [1.82, 2.24) is 19.4 Å². The molecule has 0 radical (unpaired) electrons. The van der Waals surface area contributed by atoms with E-state index in [1.807, 2.05) is 24.1 Å². The molecule has 2 aromatic rings. The van der Waals surface area contributed by atoms with Gasteiger partial charge in [-0.15, -0.1) is 0 Å². The van der Waals surface area contributed by atoms with E-state index in [4.69, 9.17) is 0 Å². The van der Waals surface area contributed by atoms with Crippen molar-refractivity contribution in [1.29, 1.82) is 5.26 Å². The zero-order valence-corrected chi connectivity index (χ0v) is 17.9. The first-order valence-corrected chi connectivity index (χ1v) is 11.4. The number of sulfonamides is 1. The summed E-state index contributed by atoms with van der Waals surface area (Å²) in [5.74, 6) is 0.241. The van der Waals surface area contributed by atoms with Gasteiger partial charge in [-0.1, -0.05) is 0 Å². The minimum absolute atomic E-state index is 0.0327. The van der Waals surface area contributed by atoms with Crippen molar-refractivity contribution in [3.63, 3.8) is 0 Å². The summed E-state index contributed by atoms with van der Waals surface area (Å²) in [4.78, 5) is 21.5. The van der Waals surface area contributed by atoms with Crippen LogP contribution in [-0.4, -0.2) is 53.1 Å². The molecule has 1 amide bonds. The van der Waals surface area contributed by atoms with Crippen LogP contribution in [0.2, 0.25) is 0 Å². The molecule has 2 aliphatic heterocycles. The minimum atomic E-state index is -3.94. The Morgan fingerprint density at radius 1 is 1.35 bits per heavy atom. The molecule has 1 N–H and O–H groups in total. The average Bonchev–Trinajstić information content (AvgIpc) is 3.20. The molecule has 1 aliphatic carbocycles.